The van der Waals surface area contributed by atoms with Crippen LogP contribution in [0.15, 0.2) is 58.1 Å². The van der Waals surface area contributed by atoms with Gasteiger partial charge in [-0.05, 0) is 32.0 Å². The van der Waals surface area contributed by atoms with Gasteiger partial charge < -0.3 is 9.64 Å². The fraction of sp³-hybridized carbons (Fsp3) is 0.227. The van der Waals surface area contributed by atoms with Gasteiger partial charge in [0.25, 0.3) is 0 Å². The number of hydrogen-bond donors (Lipinski definition) is 0. The molecule has 0 aromatic heterocycles. The summed E-state index contributed by atoms with van der Waals surface area (Å²) in [4.78, 5) is 25.0. The molecule has 0 atom stereocenters. The zero-order chi connectivity index (χ0) is 19.8. The van der Waals surface area contributed by atoms with E-state index in [1.54, 1.807) is 25.3 Å². The molecule has 1 aliphatic carbocycles. The molecule has 0 amide bonds. The van der Waals surface area contributed by atoms with Crippen molar-refractivity contribution in [1.82, 2.24) is 4.90 Å². The lowest BCUT2D eigenvalue weighted by atomic mass is 9.84. The highest BCUT2D eigenvalue weighted by atomic mass is 35.5. The molecule has 1 aliphatic heterocycles. The molecule has 2 aromatic rings. The molecular weight excluding hydrogens is 374 g/mol. The molecule has 0 radical (unpaired) electrons. The largest absolute Gasteiger partial charge is 0.497 e. The van der Waals surface area contributed by atoms with Gasteiger partial charge in [0, 0.05) is 29.8 Å². The number of fused-ring (bicyclic) bond motifs is 3. The molecule has 0 saturated carbocycles. The second-order valence-corrected chi connectivity index (χ2v) is 6.90. The van der Waals surface area contributed by atoms with Gasteiger partial charge in [0.1, 0.15) is 17.2 Å². The third kappa shape index (κ3) is 2.83. The second-order valence-electron chi connectivity index (χ2n) is 6.49. The number of methoxy groups -OCH3 is 1. The molecule has 0 spiro atoms. The summed E-state index contributed by atoms with van der Waals surface area (Å²) >= 11 is 6.51. The first-order valence-corrected chi connectivity index (χ1v) is 9.61. The summed E-state index contributed by atoms with van der Waals surface area (Å²) in [6.45, 7) is 5.69. The number of rotatable bonds is 4. The highest BCUT2D eigenvalue weighted by molar-refractivity contribution is 6.45. The third-order valence-corrected chi connectivity index (χ3v) is 5.34. The van der Waals surface area contributed by atoms with Crippen LogP contribution in [-0.4, -0.2) is 42.6 Å². The number of carbonyl (C=O) groups is 1. The number of carbonyl (C=O) groups excluding carboxylic acids is 1. The lowest BCUT2D eigenvalue weighted by Crippen LogP contribution is -2.28. The number of nitrogens with zero attached hydrogens (tertiary/aromatic N) is 3. The molecule has 0 unspecified atom stereocenters. The van der Waals surface area contributed by atoms with Crippen molar-refractivity contribution in [3.05, 3.63) is 69.9 Å². The maximum absolute atomic E-state index is 13.4. The zero-order valence-corrected chi connectivity index (χ0v) is 16.7. The van der Waals surface area contributed by atoms with Crippen molar-refractivity contribution in [3.63, 3.8) is 0 Å². The van der Waals surface area contributed by atoms with Crippen LogP contribution in [0.2, 0.25) is 5.02 Å². The SMILES string of the molecule is CCN(CC)C1=NC2=C(c3ccc(OC)cc3Cl)C(=O)c3ccccc3C2=N1. The highest BCUT2D eigenvalue weighted by Gasteiger charge is 2.36. The lowest BCUT2D eigenvalue weighted by Gasteiger charge is -2.20. The summed E-state index contributed by atoms with van der Waals surface area (Å²) in [7, 11) is 1.58. The molecule has 0 bridgehead atoms. The van der Waals surface area contributed by atoms with Gasteiger partial charge in [-0.1, -0.05) is 35.9 Å². The predicted molar refractivity (Wildman–Crippen MR) is 113 cm³/mol. The van der Waals surface area contributed by atoms with Gasteiger partial charge in [-0.25, -0.2) is 9.98 Å². The van der Waals surface area contributed by atoms with Gasteiger partial charge in [0.2, 0.25) is 5.96 Å². The Kier molecular flexibility index (Phi) is 4.77. The normalized spacial score (nSPS) is 15.1. The second kappa shape index (κ2) is 7.24. The van der Waals surface area contributed by atoms with Crippen LogP contribution in [0.5, 0.6) is 5.75 Å². The Balaban J connectivity index is 1.97. The van der Waals surface area contributed by atoms with Crippen LogP contribution in [0.4, 0.5) is 0 Å². The third-order valence-electron chi connectivity index (χ3n) is 5.03. The van der Waals surface area contributed by atoms with Crippen molar-refractivity contribution in [1.29, 1.82) is 0 Å². The quantitative estimate of drug-likeness (QED) is 0.770. The van der Waals surface area contributed by atoms with Crippen LogP contribution >= 0.6 is 11.6 Å². The molecule has 5 nitrogen and oxygen atoms in total. The smallest absolute Gasteiger partial charge is 0.226 e. The Morgan fingerprint density at radius 3 is 2.36 bits per heavy atom. The van der Waals surface area contributed by atoms with Crippen molar-refractivity contribution < 1.29 is 9.53 Å². The monoisotopic (exact) mass is 393 g/mol. The standard InChI is InChI=1S/C22H20ClN3O2/c1-4-26(5-2)22-24-19-14-8-6-7-9-15(14)21(27)18(20(19)25-22)16-11-10-13(28-3)12-17(16)23/h6-12H,4-5H2,1-3H3. The van der Waals surface area contributed by atoms with E-state index in [0.29, 0.717) is 39.1 Å². The Morgan fingerprint density at radius 2 is 1.71 bits per heavy atom. The number of ketones is 1. The zero-order valence-electron chi connectivity index (χ0n) is 16.0. The highest BCUT2D eigenvalue weighted by Crippen LogP contribution is 2.39. The van der Waals surface area contributed by atoms with Crippen LogP contribution in [0.1, 0.15) is 35.3 Å². The lowest BCUT2D eigenvalue weighted by molar-refractivity contribution is 0.105. The first kappa shape index (κ1) is 18.4. The van der Waals surface area contributed by atoms with E-state index in [1.165, 1.54) is 0 Å². The maximum atomic E-state index is 13.4. The van der Waals surface area contributed by atoms with E-state index in [0.717, 1.165) is 24.4 Å². The van der Waals surface area contributed by atoms with Crippen LogP contribution in [0, 0.1) is 0 Å². The topological polar surface area (TPSA) is 54.3 Å². The molecule has 2 aliphatic rings. The number of allylic oxidation sites excluding steroid dienone is 2. The van der Waals surface area contributed by atoms with E-state index >= 15 is 0 Å². The molecule has 6 heteroatoms. The molecule has 0 N–H and O–H groups in total. The van der Waals surface area contributed by atoms with Crippen molar-refractivity contribution in [2.24, 2.45) is 9.98 Å². The summed E-state index contributed by atoms with van der Waals surface area (Å²) < 4.78 is 5.24. The Labute approximate surface area is 169 Å². The maximum Gasteiger partial charge on any atom is 0.226 e. The number of benzene rings is 2. The number of halogens is 1. The average molecular weight is 394 g/mol. The predicted octanol–water partition coefficient (Wildman–Crippen LogP) is 4.46. The number of hydrogen-bond acceptors (Lipinski definition) is 5. The van der Waals surface area contributed by atoms with E-state index in [4.69, 9.17) is 26.3 Å². The van der Waals surface area contributed by atoms with Gasteiger partial charge in [0.15, 0.2) is 5.78 Å². The van der Waals surface area contributed by atoms with Crippen LogP contribution in [0.25, 0.3) is 5.57 Å². The van der Waals surface area contributed by atoms with E-state index in [9.17, 15) is 4.79 Å². The van der Waals surface area contributed by atoms with Gasteiger partial charge in [-0.15, -0.1) is 0 Å². The van der Waals surface area contributed by atoms with Crippen molar-refractivity contribution >= 4 is 34.6 Å². The van der Waals surface area contributed by atoms with Gasteiger partial charge in [0.05, 0.1) is 17.7 Å². The fourth-order valence-corrected chi connectivity index (χ4v) is 3.81. The first-order chi connectivity index (χ1) is 13.6. The summed E-state index contributed by atoms with van der Waals surface area (Å²) in [6, 6.07) is 12.8. The van der Waals surface area contributed by atoms with Crippen molar-refractivity contribution in [3.8, 4) is 5.75 Å². The molecule has 28 heavy (non-hydrogen) atoms. The molecule has 1 heterocycles. The van der Waals surface area contributed by atoms with Crippen LogP contribution in [0.3, 0.4) is 0 Å². The Morgan fingerprint density at radius 1 is 1.00 bits per heavy atom. The number of aliphatic imine (C=N–C) groups is 2. The van der Waals surface area contributed by atoms with E-state index in [-0.39, 0.29) is 5.78 Å². The van der Waals surface area contributed by atoms with Crippen molar-refractivity contribution in [2.45, 2.75) is 13.8 Å². The molecular formula is C22H20ClN3O2. The van der Waals surface area contributed by atoms with Crippen LogP contribution in [-0.2, 0) is 0 Å². The fourth-order valence-electron chi connectivity index (χ4n) is 3.55. The van der Waals surface area contributed by atoms with Gasteiger partial charge in [-0.2, -0.15) is 0 Å². The Bertz CT molecular complexity index is 1070. The Hall–Kier alpha value is -2.92. The first-order valence-electron chi connectivity index (χ1n) is 9.24. The molecule has 142 valence electrons. The number of Topliss-reactive ketones (excluding diaryl/α,β-unsaturated/α-hetero) is 1. The molecule has 4 rings (SSSR count). The minimum atomic E-state index is -0.0961. The summed E-state index contributed by atoms with van der Waals surface area (Å²) in [6.07, 6.45) is 0. The average Bonchev–Trinajstić information content (AvgIpc) is 3.15. The minimum Gasteiger partial charge on any atom is -0.497 e. The molecule has 2 aromatic carbocycles. The molecule has 0 saturated heterocycles. The van der Waals surface area contributed by atoms with E-state index in [2.05, 4.69) is 18.7 Å². The summed E-state index contributed by atoms with van der Waals surface area (Å²) in [5.74, 6) is 1.17. The van der Waals surface area contributed by atoms with Gasteiger partial charge >= 0.3 is 0 Å². The van der Waals surface area contributed by atoms with E-state index in [1.807, 2.05) is 24.3 Å². The number of ether oxygens (including phenoxy) is 1. The van der Waals surface area contributed by atoms with Crippen molar-refractivity contribution in [2.75, 3.05) is 20.2 Å². The number of guanidine groups is 1. The van der Waals surface area contributed by atoms with E-state index < -0.39 is 0 Å². The molecule has 0 fully saturated rings. The minimum absolute atomic E-state index is 0.0961. The summed E-state index contributed by atoms with van der Waals surface area (Å²) in [5, 5.41) is 0.445. The van der Waals surface area contributed by atoms with Gasteiger partial charge in [-0.3, -0.25) is 4.79 Å². The van der Waals surface area contributed by atoms with Crippen LogP contribution < -0.4 is 4.74 Å². The summed E-state index contributed by atoms with van der Waals surface area (Å²) in [5.41, 5.74) is 3.84.